The number of hydrogen-bond donors (Lipinski definition) is 2. The minimum absolute atomic E-state index is 0.00538. The van der Waals surface area contributed by atoms with Crippen LogP contribution in [0.5, 0.6) is 0 Å². The molecule has 1 heterocycles. The summed E-state index contributed by atoms with van der Waals surface area (Å²) in [5.41, 5.74) is 4.63. The lowest BCUT2D eigenvalue weighted by Gasteiger charge is -2.72. The van der Waals surface area contributed by atoms with E-state index in [2.05, 4.69) is 70.6 Å². The summed E-state index contributed by atoms with van der Waals surface area (Å²) in [6.07, 6.45) is 19.4. The first-order valence-corrected chi connectivity index (χ1v) is 19.7. The van der Waals surface area contributed by atoms with Crippen LogP contribution < -0.4 is 5.32 Å². The van der Waals surface area contributed by atoms with Gasteiger partial charge in [-0.2, -0.15) is 0 Å². The van der Waals surface area contributed by atoms with Gasteiger partial charge >= 0.3 is 12.0 Å². The molecular weight excluding hydrogens is 619 g/mol. The largest absolute Gasteiger partial charge is 0.478 e. The molecule has 1 aromatic carbocycles. The fourth-order valence-electron chi connectivity index (χ4n) is 13.7. The Hall–Kier alpha value is -3.02. The highest BCUT2D eigenvalue weighted by Crippen LogP contribution is 2.76. The fraction of sp³-hybridized carbons (Fsp3) is 0.682. The van der Waals surface area contributed by atoms with Crippen molar-refractivity contribution in [2.24, 2.45) is 51.2 Å². The first-order chi connectivity index (χ1) is 23.6. The van der Waals surface area contributed by atoms with Gasteiger partial charge < -0.3 is 20.2 Å². The monoisotopic (exact) mass is 681 g/mol. The van der Waals surface area contributed by atoms with Crippen molar-refractivity contribution in [2.75, 3.05) is 20.1 Å². The minimum Gasteiger partial charge on any atom is -0.478 e. The number of rotatable bonds is 6. The van der Waals surface area contributed by atoms with Gasteiger partial charge in [0, 0.05) is 38.1 Å². The Balaban J connectivity index is 1.17. The lowest BCUT2D eigenvalue weighted by atomic mass is 9.33. The summed E-state index contributed by atoms with van der Waals surface area (Å²) in [6, 6.07) is 7.60. The zero-order valence-electron chi connectivity index (χ0n) is 32.0. The van der Waals surface area contributed by atoms with Gasteiger partial charge in [-0.05, 0) is 152 Å². The maximum Gasteiger partial charge on any atom is 0.335 e. The summed E-state index contributed by atoms with van der Waals surface area (Å²) < 4.78 is 0. The lowest BCUT2D eigenvalue weighted by Crippen LogP contribution is -2.68. The summed E-state index contributed by atoms with van der Waals surface area (Å²) in [5.74, 6) is 1.75. The second kappa shape index (κ2) is 12.3. The number of benzene rings is 1. The van der Waals surface area contributed by atoms with Crippen LogP contribution in [0, 0.1) is 51.2 Å². The van der Waals surface area contributed by atoms with E-state index in [0.717, 1.165) is 38.8 Å². The van der Waals surface area contributed by atoms with Crippen molar-refractivity contribution in [1.29, 1.82) is 0 Å². The Bertz CT molecular complexity index is 1590. The second-order valence-corrected chi connectivity index (χ2v) is 18.9. The Morgan fingerprint density at radius 2 is 1.62 bits per heavy atom. The number of likely N-dealkylation sites (tertiary alicyclic amines) is 1. The van der Waals surface area contributed by atoms with Gasteiger partial charge in [0.15, 0.2) is 0 Å². The molecule has 1 saturated heterocycles. The number of allylic oxidation sites excluding steroid dienone is 3. The number of carbonyl (C=O) groups excluding carboxylic acids is 1. The maximum absolute atomic E-state index is 13.9. The minimum atomic E-state index is -0.872. The van der Waals surface area contributed by atoms with Gasteiger partial charge in [0.2, 0.25) is 0 Å². The summed E-state index contributed by atoms with van der Waals surface area (Å²) in [7, 11) is 1.91. The molecule has 4 saturated carbocycles. The molecule has 5 aliphatic carbocycles. The number of urea groups is 1. The molecule has 2 amide bonds. The number of carboxylic acids is 1. The van der Waals surface area contributed by atoms with Gasteiger partial charge in [-0.15, -0.1) is 0 Å². The van der Waals surface area contributed by atoms with E-state index >= 15 is 0 Å². The number of hydrogen-bond acceptors (Lipinski definition) is 3. The molecule has 1 aliphatic heterocycles. The van der Waals surface area contributed by atoms with E-state index < -0.39 is 5.97 Å². The lowest BCUT2D eigenvalue weighted by molar-refractivity contribution is -0.218. The number of fused-ring (bicyclic) bond motifs is 7. The van der Waals surface area contributed by atoms with Gasteiger partial charge in [-0.25, -0.2) is 9.59 Å². The highest BCUT2D eigenvalue weighted by atomic mass is 16.4. The van der Waals surface area contributed by atoms with Gasteiger partial charge in [0.1, 0.15) is 0 Å². The highest BCUT2D eigenvalue weighted by Gasteiger charge is 2.70. The van der Waals surface area contributed by atoms with Crippen molar-refractivity contribution in [3.05, 3.63) is 66.0 Å². The normalized spacial score (nSPS) is 40.3. The first-order valence-electron chi connectivity index (χ1n) is 19.7. The fourth-order valence-corrected chi connectivity index (χ4v) is 13.7. The Labute approximate surface area is 301 Å². The van der Waals surface area contributed by atoms with Crippen LogP contribution in [0.15, 0.2) is 54.9 Å². The summed E-state index contributed by atoms with van der Waals surface area (Å²) in [5, 5.41) is 13.2. The van der Waals surface area contributed by atoms with Crippen LogP contribution in [-0.2, 0) is 0 Å². The Kier molecular flexibility index (Phi) is 8.70. The number of nitrogens with zero attached hydrogens (tertiary/aromatic N) is 2. The molecule has 6 heteroatoms. The van der Waals surface area contributed by atoms with Crippen molar-refractivity contribution in [3.8, 4) is 0 Å². The van der Waals surface area contributed by atoms with Gasteiger partial charge in [0.05, 0.1) is 5.56 Å². The van der Waals surface area contributed by atoms with Crippen molar-refractivity contribution in [1.82, 2.24) is 15.1 Å². The molecule has 6 aliphatic rings. The molecular formula is C44H63N3O3. The van der Waals surface area contributed by atoms with E-state index in [9.17, 15) is 14.7 Å². The summed E-state index contributed by atoms with van der Waals surface area (Å²) in [6.45, 7) is 21.8. The van der Waals surface area contributed by atoms with E-state index in [1.807, 2.05) is 25.4 Å². The molecule has 9 atom stereocenters. The van der Waals surface area contributed by atoms with Crippen molar-refractivity contribution in [3.63, 3.8) is 0 Å². The van der Waals surface area contributed by atoms with Gasteiger partial charge in [-0.1, -0.05) is 65.0 Å². The topological polar surface area (TPSA) is 72.9 Å². The van der Waals surface area contributed by atoms with E-state index in [1.54, 1.807) is 17.0 Å². The Morgan fingerprint density at radius 3 is 2.28 bits per heavy atom. The smallest absolute Gasteiger partial charge is 0.335 e. The van der Waals surface area contributed by atoms with Crippen LogP contribution in [0.4, 0.5) is 4.79 Å². The van der Waals surface area contributed by atoms with Crippen LogP contribution in [0.2, 0.25) is 0 Å². The Morgan fingerprint density at radius 1 is 0.920 bits per heavy atom. The molecule has 0 aromatic heterocycles. The highest BCUT2D eigenvalue weighted by molar-refractivity contribution is 5.88. The van der Waals surface area contributed by atoms with Crippen LogP contribution in [0.25, 0.3) is 5.57 Å². The molecule has 5 fully saturated rings. The molecule has 272 valence electrons. The summed E-state index contributed by atoms with van der Waals surface area (Å²) in [4.78, 5) is 29.5. The molecule has 0 bridgehead atoms. The SMILES string of the molecule is C=C(C)[C@@H]1CC[C@]2(NC(=O)N(C)/C=C/N3CCCC3)CC[C@]3(C)[C@H](CC[C@@H]4C5(C)CC=C(c6ccc(C(=O)O)cc6)C(C)(C)[C@@H]5CC[C@]43C)[C@@H]12. The van der Waals surface area contributed by atoms with Crippen LogP contribution in [-0.4, -0.2) is 52.6 Å². The maximum atomic E-state index is 13.9. The van der Waals surface area contributed by atoms with Crippen LogP contribution in [0.1, 0.15) is 128 Å². The van der Waals surface area contributed by atoms with Crippen molar-refractivity contribution in [2.45, 2.75) is 118 Å². The standard InChI is InChI=1S/C44H63N3O3/c1-29(2)32-17-22-44(45-39(50)46(8)27-28-47-25-9-10-26-47)24-23-42(6)34(37(32)44)15-16-36-41(5)20-18-33(30-11-13-31(14-12-30)38(48)49)40(3,4)35(41)19-21-43(36,42)7/h11-14,18,27-28,32,34-37H,1,9-10,15-17,19-26H2,2-8H3,(H,45,50)(H,48,49)/b28-27+/t32-,34+,35-,36+,37+,41?,42+,43+,44-/m0/s1. The molecule has 0 spiro atoms. The molecule has 1 unspecified atom stereocenters. The van der Waals surface area contributed by atoms with E-state index in [-0.39, 0.29) is 33.2 Å². The number of carbonyl (C=O) groups is 2. The first kappa shape index (κ1) is 35.4. The molecule has 50 heavy (non-hydrogen) atoms. The molecule has 1 aromatic rings. The van der Waals surface area contributed by atoms with Crippen molar-refractivity contribution >= 4 is 17.6 Å². The van der Waals surface area contributed by atoms with Crippen molar-refractivity contribution < 1.29 is 14.7 Å². The third kappa shape index (κ3) is 5.23. The average molecular weight is 682 g/mol. The number of nitrogens with one attached hydrogen (secondary N) is 1. The predicted molar refractivity (Wildman–Crippen MR) is 202 cm³/mol. The van der Waals surface area contributed by atoms with Crippen LogP contribution >= 0.6 is 0 Å². The third-order valence-corrected chi connectivity index (χ3v) is 16.4. The molecule has 2 N–H and O–H groups in total. The zero-order valence-corrected chi connectivity index (χ0v) is 32.0. The molecule has 0 radical (unpaired) electrons. The van der Waals surface area contributed by atoms with E-state index in [0.29, 0.717) is 35.2 Å². The quantitative estimate of drug-likeness (QED) is 0.293. The number of amides is 2. The molecule has 6 nitrogen and oxygen atoms in total. The number of aromatic carboxylic acids is 1. The number of carboxylic acid groups (broad SMARTS) is 1. The molecule has 7 rings (SSSR count). The van der Waals surface area contributed by atoms with E-state index in [4.69, 9.17) is 0 Å². The van der Waals surface area contributed by atoms with Crippen LogP contribution in [0.3, 0.4) is 0 Å². The van der Waals surface area contributed by atoms with Gasteiger partial charge in [-0.3, -0.25) is 0 Å². The zero-order chi connectivity index (χ0) is 35.9. The average Bonchev–Trinajstić information content (AvgIpc) is 3.72. The summed E-state index contributed by atoms with van der Waals surface area (Å²) >= 11 is 0. The van der Waals surface area contributed by atoms with Gasteiger partial charge in [0.25, 0.3) is 0 Å². The second-order valence-electron chi connectivity index (χ2n) is 18.9. The third-order valence-electron chi connectivity index (χ3n) is 16.4. The predicted octanol–water partition coefficient (Wildman–Crippen LogP) is 10.00. The van der Waals surface area contributed by atoms with E-state index in [1.165, 1.54) is 61.7 Å².